The molecule has 3 heterocycles. The van der Waals surface area contributed by atoms with Crippen molar-refractivity contribution >= 4 is 0 Å². The first kappa shape index (κ1) is 17.2. The van der Waals surface area contributed by atoms with Gasteiger partial charge in [0.25, 0.3) is 0 Å². The zero-order valence-corrected chi connectivity index (χ0v) is 16.0. The van der Waals surface area contributed by atoms with Crippen LogP contribution in [0.5, 0.6) is 0 Å². The molecule has 2 saturated heterocycles. The fourth-order valence-electron chi connectivity index (χ4n) is 5.24. The average molecular weight is 356 g/mol. The Kier molecular flexibility index (Phi) is 4.76. The molecule has 1 aromatic rings. The minimum Gasteiger partial charge on any atom is -0.375 e. The zero-order valence-electron chi connectivity index (χ0n) is 16.0. The second-order valence-electron chi connectivity index (χ2n) is 9.46. The van der Waals surface area contributed by atoms with E-state index in [2.05, 4.69) is 20.9 Å². The number of hydrogen-bond acceptors (Lipinski definition) is 4. The van der Waals surface area contributed by atoms with Gasteiger partial charge in [-0.2, -0.15) is 0 Å². The highest BCUT2D eigenvalue weighted by atomic mass is 16.5. The highest BCUT2D eigenvalue weighted by Crippen LogP contribution is 2.46. The first-order chi connectivity index (χ1) is 12.8. The van der Waals surface area contributed by atoms with Crippen molar-refractivity contribution in [3.8, 4) is 0 Å². The third-order valence-electron chi connectivity index (χ3n) is 7.07. The standard InChI is InChI=1S/C22H33N3O/c1-2-9-23-21(3-1)15-26-14-20-13-25(12-19-6-7-19)17-22(20)8-10-24(16-22)11-18-4-5-18/h1-3,9,18-20H,4-8,10-17H2/t20-,22+/m1/s1. The first-order valence-corrected chi connectivity index (χ1v) is 10.7. The molecule has 4 aliphatic rings. The van der Waals surface area contributed by atoms with Crippen molar-refractivity contribution in [2.75, 3.05) is 45.9 Å². The normalized spacial score (nSPS) is 32.7. The molecular formula is C22H33N3O. The van der Waals surface area contributed by atoms with Crippen LogP contribution in [-0.4, -0.2) is 60.7 Å². The van der Waals surface area contributed by atoms with Gasteiger partial charge >= 0.3 is 0 Å². The molecule has 4 fully saturated rings. The van der Waals surface area contributed by atoms with Crippen LogP contribution in [0.25, 0.3) is 0 Å². The van der Waals surface area contributed by atoms with Crippen LogP contribution in [0.3, 0.4) is 0 Å². The average Bonchev–Trinajstić information content (AvgIpc) is 3.56. The summed E-state index contributed by atoms with van der Waals surface area (Å²) in [7, 11) is 0. The molecule has 2 atom stereocenters. The molecule has 1 aromatic heterocycles. The van der Waals surface area contributed by atoms with Crippen LogP contribution in [0.4, 0.5) is 0 Å². The van der Waals surface area contributed by atoms with Crippen LogP contribution in [-0.2, 0) is 11.3 Å². The summed E-state index contributed by atoms with van der Waals surface area (Å²) in [5.41, 5.74) is 1.53. The Bertz CT molecular complexity index is 597. The van der Waals surface area contributed by atoms with Crippen molar-refractivity contribution in [3.63, 3.8) is 0 Å². The Morgan fingerprint density at radius 3 is 2.54 bits per heavy atom. The second-order valence-corrected chi connectivity index (χ2v) is 9.46. The van der Waals surface area contributed by atoms with E-state index in [1.54, 1.807) is 0 Å². The summed E-state index contributed by atoms with van der Waals surface area (Å²) in [5, 5.41) is 0. The van der Waals surface area contributed by atoms with Crippen LogP contribution in [0.2, 0.25) is 0 Å². The quantitative estimate of drug-likeness (QED) is 0.717. The maximum absolute atomic E-state index is 6.18. The molecule has 0 N–H and O–H groups in total. The van der Waals surface area contributed by atoms with E-state index in [4.69, 9.17) is 4.74 Å². The smallest absolute Gasteiger partial charge is 0.0887 e. The van der Waals surface area contributed by atoms with Gasteiger partial charge in [-0.1, -0.05) is 6.07 Å². The van der Waals surface area contributed by atoms with E-state index in [1.165, 1.54) is 71.4 Å². The highest BCUT2D eigenvalue weighted by Gasteiger charge is 2.51. The molecule has 0 unspecified atom stereocenters. The number of pyridine rings is 1. The first-order valence-electron chi connectivity index (χ1n) is 10.7. The predicted molar refractivity (Wildman–Crippen MR) is 103 cm³/mol. The van der Waals surface area contributed by atoms with Gasteiger partial charge in [-0.25, -0.2) is 0 Å². The molecule has 2 saturated carbocycles. The van der Waals surface area contributed by atoms with Crippen molar-refractivity contribution < 1.29 is 4.74 Å². The molecule has 0 amide bonds. The van der Waals surface area contributed by atoms with Gasteiger partial charge in [0.05, 0.1) is 18.9 Å². The lowest BCUT2D eigenvalue weighted by Crippen LogP contribution is -2.37. The SMILES string of the molecule is c1ccc(COC[C@H]2CN(CC3CC3)C[C@@]23CCN(CC2CC2)C3)nc1. The van der Waals surface area contributed by atoms with Gasteiger partial charge in [-0.05, 0) is 62.6 Å². The van der Waals surface area contributed by atoms with Crippen molar-refractivity contribution in [3.05, 3.63) is 30.1 Å². The molecule has 2 aliphatic carbocycles. The highest BCUT2D eigenvalue weighted by molar-refractivity contribution is 5.04. The third-order valence-corrected chi connectivity index (χ3v) is 7.07. The fourth-order valence-corrected chi connectivity index (χ4v) is 5.24. The maximum atomic E-state index is 6.18. The molecule has 26 heavy (non-hydrogen) atoms. The zero-order chi connectivity index (χ0) is 17.4. The second kappa shape index (κ2) is 7.21. The Balaban J connectivity index is 1.20. The van der Waals surface area contributed by atoms with Gasteiger partial charge < -0.3 is 14.5 Å². The largest absolute Gasteiger partial charge is 0.375 e. The minimum atomic E-state index is 0.480. The van der Waals surface area contributed by atoms with E-state index in [9.17, 15) is 0 Å². The monoisotopic (exact) mass is 355 g/mol. The summed E-state index contributed by atoms with van der Waals surface area (Å²) in [5.74, 6) is 2.69. The molecule has 0 radical (unpaired) electrons. The lowest BCUT2D eigenvalue weighted by Gasteiger charge is -2.30. The number of ether oxygens (including phenoxy) is 1. The van der Waals surface area contributed by atoms with E-state index in [1.807, 2.05) is 18.3 Å². The summed E-state index contributed by atoms with van der Waals surface area (Å²) >= 11 is 0. The van der Waals surface area contributed by atoms with Gasteiger partial charge in [-0.3, -0.25) is 4.98 Å². The summed E-state index contributed by atoms with van der Waals surface area (Å²) < 4.78 is 6.18. The number of likely N-dealkylation sites (tertiary alicyclic amines) is 2. The lowest BCUT2D eigenvalue weighted by molar-refractivity contribution is 0.0502. The fraction of sp³-hybridized carbons (Fsp3) is 0.773. The van der Waals surface area contributed by atoms with Gasteiger partial charge in [0.15, 0.2) is 0 Å². The van der Waals surface area contributed by atoms with Crippen LogP contribution >= 0.6 is 0 Å². The van der Waals surface area contributed by atoms with Crippen LogP contribution in [0.15, 0.2) is 24.4 Å². The van der Waals surface area contributed by atoms with Crippen LogP contribution in [0.1, 0.15) is 37.8 Å². The molecular weight excluding hydrogens is 322 g/mol. The number of rotatable bonds is 8. The summed E-state index contributed by atoms with van der Waals surface area (Å²) in [6.07, 6.45) is 9.08. The number of hydrogen-bond donors (Lipinski definition) is 0. The van der Waals surface area contributed by atoms with E-state index in [0.29, 0.717) is 17.9 Å². The molecule has 1 spiro atoms. The number of nitrogens with zero attached hydrogens (tertiary/aromatic N) is 3. The van der Waals surface area contributed by atoms with E-state index in [0.717, 1.165) is 24.1 Å². The van der Waals surface area contributed by atoms with Gasteiger partial charge in [-0.15, -0.1) is 0 Å². The molecule has 4 nitrogen and oxygen atoms in total. The molecule has 0 bridgehead atoms. The topological polar surface area (TPSA) is 28.6 Å². The van der Waals surface area contributed by atoms with E-state index < -0.39 is 0 Å². The molecule has 2 aliphatic heterocycles. The molecule has 4 heteroatoms. The lowest BCUT2D eigenvalue weighted by atomic mass is 9.77. The van der Waals surface area contributed by atoms with Crippen molar-refractivity contribution in [2.24, 2.45) is 23.2 Å². The predicted octanol–water partition coefficient (Wildman–Crippen LogP) is 3.04. The molecule has 5 rings (SSSR count). The van der Waals surface area contributed by atoms with Gasteiger partial charge in [0, 0.05) is 50.3 Å². The van der Waals surface area contributed by atoms with E-state index >= 15 is 0 Å². The van der Waals surface area contributed by atoms with Crippen LogP contribution in [0, 0.1) is 23.2 Å². The van der Waals surface area contributed by atoms with Crippen molar-refractivity contribution in [1.82, 2.24) is 14.8 Å². The molecule has 0 aromatic carbocycles. The summed E-state index contributed by atoms with van der Waals surface area (Å²) in [4.78, 5) is 9.94. The summed E-state index contributed by atoms with van der Waals surface area (Å²) in [6, 6.07) is 6.09. The van der Waals surface area contributed by atoms with Gasteiger partial charge in [0.1, 0.15) is 0 Å². The maximum Gasteiger partial charge on any atom is 0.0887 e. The Morgan fingerprint density at radius 1 is 1.04 bits per heavy atom. The summed E-state index contributed by atoms with van der Waals surface area (Å²) in [6.45, 7) is 9.41. The minimum absolute atomic E-state index is 0.480. The van der Waals surface area contributed by atoms with Crippen molar-refractivity contribution in [2.45, 2.75) is 38.7 Å². The Hall–Kier alpha value is -0.970. The van der Waals surface area contributed by atoms with Crippen LogP contribution < -0.4 is 0 Å². The van der Waals surface area contributed by atoms with Gasteiger partial charge in [0.2, 0.25) is 0 Å². The Labute approximate surface area is 157 Å². The van der Waals surface area contributed by atoms with E-state index in [-0.39, 0.29) is 0 Å². The Morgan fingerprint density at radius 2 is 1.81 bits per heavy atom. The third kappa shape index (κ3) is 3.97. The number of aromatic nitrogens is 1. The molecule has 142 valence electrons. The van der Waals surface area contributed by atoms with Crippen molar-refractivity contribution in [1.29, 1.82) is 0 Å².